The van der Waals surface area contributed by atoms with Gasteiger partial charge >= 0.3 is 0 Å². The molecule has 0 aromatic heterocycles. The Morgan fingerprint density at radius 3 is 2.70 bits per heavy atom. The molecular formula is C16H23BrFNO. The van der Waals surface area contributed by atoms with Crippen molar-refractivity contribution in [2.45, 2.75) is 57.1 Å². The third kappa shape index (κ3) is 3.41. The summed E-state index contributed by atoms with van der Waals surface area (Å²) in [5.74, 6) is -0.233. The fourth-order valence-corrected chi connectivity index (χ4v) is 3.62. The molecule has 0 radical (unpaired) electrons. The second-order valence-corrected chi connectivity index (χ2v) is 6.38. The summed E-state index contributed by atoms with van der Waals surface area (Å²) >= 11 is 3.32. The van der Waals surface area contributed by atoms with E-state index in [9.17, 15) is 4.39 Å². The molecule has 0 bridgehead atoms. The van der Waals surface area contributed by atoms with E-state index in [0.29, 0.717) is 17.5 Å². The van der Waals surface area contributed by atoms with Crippen molar-refractivity contribution in [3.63, 3.8) is 0 Å². The molecule has 1 fully saturated rings. The molecule has 20 heavy (non-hydrogen) atoms. The van der Waals surface area contributed by atoms with Crippen LogP contribution < -0.4 is 5.73 Å². The van der Waals surface area contributed by atoms with Crippen molar-refractivity contribution in [2.24, 2.45) is 5.73 Å². The van der Waals surface area contributed by atoms with Crippen LogP contribution in [0.2, 0.25) is 0 Å². The Morgan fingerprint density at radius 2 is 2.05 bits per heavy atom. The summed E-state index contributed by atoms with van der Waals surface area (Å²) < 4.78 is 20.2. The molecule has 1 unspecified atom stereocenters. The van der Waals surface area contributed by atoms with Gasteiger partial charge in [-0.25, -0.2) is 4.39 Å². The number of ether oxygens (including phenoxy) is 1. The predicted molar refractivity (Wildman–Crippen MR) is 83.2 cm³/mol. The van der Waals surface area contributed by atoms with Crippen molar-refractivity contribution >= 4 is 15.9 Å². The van der Waals surface area contributed by atoms with E-state index in [1.165, 1.54) is 12.5 Å². The molecule has 1 aliphatic carbocycles. The number of rotatable bonds is 5. The highest BCUT2D eigenvalue weighted by atomic mass is 79.9. The first kappa shape index (κ1) is 15.9. The Labute approximate surface area is 129 Å². The SMILES string of the molecule is CCOC1(C(N)Cc2cccc(F)c2Br)CCCCC1. The maximum absolute atomic E-state index is 13.6. The summed E-state index contributed by atoms with van der Waals surface area (Å²) in [5.41, 5.74) is 7.13. The van der Waals surface area contributed by atoms with E-state index in [-0.39, 0.29) is 17.5 Å². The second kappa shape index (κ2) is 7.01. The topological polar surface area (TPSA) is 35.2 Å². The minimum Gasteiger partial charge on any atom is -0.374 e. The summed E-state index contributed by atoms with van der Waals surface area (Å²) in [7, 11) is 0. The summed E-state index contributed by atoms with van der Waals surface area (Å²) in [4.78, 5) is 0. The molecule has 2 nitrogen and oxygen atoms in total. The largest absolute Gasteiger partial charge is 0.374 e. The lowest BCUT2D eigenvalue weighted by Crippen LogP contribution is -2.52. The van der Waals surface area contributed by atoms with Gasteiger partial charge in [0.05, 0.1) is 10.1 Å². The van der Waals surface area contributed by atoms with E-state index in [0.717, 1.165) is 31.2 Å². The fraction of sp³-hybridized carbons (Fsp3) is 0.625. The normalized spacial score (nSPS) is 19.8. The second-order valence-electron chi connectivity index (χ2n) is 5.58. The Bertz CT molecular complexity index is 441. The molecule has 1 saturated carbocycles. The van der Waals surface area contributed by atoms with Crippen LogP contribution in [0.5, 0.6) is 0 Å². The number of hydrogen-bond donors (Lipinski definition) is 1. The van der Waals surface area contributed by atoms with Crippen molar-refractivity contribution in [1.29, 1.82) is 0 Å². The minimum absolute atomic E-state index is 0.0964. The molecule has 2 rings (SSSR count). The van der Waals surface area contributed by atoms with E-state index in [2.05, 4.69) is 15.9 Å². The molecule has 1 atom stereocenters. The first-order valence-electron chi connectivity index (χ1n) is 7.41. The number of nitrogens with two attached hydrogens (primary N) is 1. The molecule has 0 saturated heterocycles. The van der Waals surface area contributed by atoms with Gasteiger partial charge in [-0.3, -0.25) is 0 Å². The van der Waals surface area contributed by atoms with Crippen molar-refractivity contribution in [3.05, 3.63) is 34.1 Å². The third-order valence-corrected chi connectivity index (χ3v) is 5.17. The van der Waals surface area contributed by atoms with Crippen LogP contribution in [0, 0.1) is 5.82 Å². The van der Waals surface area contributed by atoms with E-state index >= 15 is 0 Å². The van der Waals surface area contributed by atoms with Crippen LogP contribution in [0.15, 0.2) is 22.7 Å². The lowest BCUT2D eigenvalue weighted by Gasteiger charge is -2.42. The summed E-state index contributed by atoms with van der Waals surface area (Å²) in [6.45, 7) is 2.69. The average Bonchev–Trinajstić information content (AvgIpc) is 2.45. The van der Waals surface area contributed by atoms with Gasteiger partial charge in [0.2, 0.25) is 0 Å². The smallest absolute Gasteiger partial charge is 0.137 e. The molecule has 0 spiro atoms. The molecule has 112 valence electrons. The zero-order valence-electron chi connectivity index (χ0n) is 12.0. The van der Waals surface area contributed by atoms with Crippen molar-refractivity contribution in [2.75, 3.05) is 6.61 Å². The Kier molecular flexibility index (Phi) is 5.58. The van der Waals surface area contributed by atoms with Gasteiger partial charge < -0.3 is 10.5 Å². The van der Waals surface area contributed by atoms with E-state index < -0.39 is 0 Å². The molecular weight excluding hydrogens is 321 g/mol. The highest BCUT2D eigenvalue weighted by molar-refractivity contribution is 9.10. The molecule has 0 aliphatic heterocycles. The summed E-state index contributed by atoms with van der Waals surface area (Å²) in [5, 5.41) is 0. The van der Waals surface area contributed by atoms with E-state index in [1.54, 1.807) is 6.07 Å². The molecule has 1 aromatic rings. The van der Waals surface area contributed by atoms with Crippen molar-refractivity contribution in [1.82, 2.24) is 0 Å². The maximum atomic E-state index is 13.6. The van der Waals surface area contributed by atoms with Crippen LogP contribution in [-0.4, -0.2) is 18.2 Å². The van der Waals surface area contributed by atoms with E-state index in [1.807, 2.05) is 13.0 Å². The molecule has 0 amide bonds. The van der Waals surface area contributed by atoms with Gasteiger partial charge in [0, 0.05) is 12.6 Å². The first-order chi connectivity index (χ1) is 9.59. The molecule has 4 heteroatoms. The Balaban J connectivity index is 2.15. The van der Waals surface area contributed by atoms with Crippen LogP contribution in [-0.2, 0) is 11.2 Å². The number of halogens is 2. The highest BCUT2D eigenvalue weighted by Gasteiger charge is 2.38. The average molecular weight is 344 g/mol. The standard InChI is InChI=1S/C16H23BrFNO/c1-2-20-16(9-4-3-5-10-16)14(19)11-12-7-6-8-13(18)15(12)17/h6-8,14H,2-5,9-11,19H2,1H3. The van der Waals surface area contributed by atoms with Crippen molar-refractivity contribution in [3.8, 4) is 0 Å². The van der Waals surface area contributed by atoms with Gasteiger partial charge in [0.1, 0.15) is 5.82 Å². The van der Waals surface area contributed by atoms with Gasteiger partial charge in [-0.2, -0.15) is 0 Å². The van der Waals surface area contributed by atoms with Crippen LogP contribution in [0.3, 0.4) is 0 Å². The van der Waals surface area contributed by atoms with Gasteiger partial charge in [0.15, 0.2) is 0 Å². The minimum atomic E-state index is -0.237. The number of hydrogen-bond acceptors (Lipinski definition) is 2. The van der Waals surface area contributed by atoms with Gasteiger partial charge in [0.25, 0.3) is 0 Å². The summed E-state index contributed by atoms with van der Waals surface area (Å²) in [6.07, 6.45) is 6.24. The molecule has 2 N–H and O–H groups in total. The monoisotopic (exact) mass is 343 g/mol. The van der Waals surface area contributed by atoms with Crippen LogP contribution >= 0.6 is 15.9 Å². The first-order valence-corrected chi connectivity index (χ1v) is 8.21. The fourth-order valence-electron chi connectivity index (χ4n) is 3.19. The zero-order chi connectivity index (χ0) is 14.6. The lowest BCUT2D eigenvalue weighted by atomic mass is 9.77. The van der Waals surface area contributed by atoms with Gasteiger partial charge in [-0.1, -0.05) is 31.4 Å². The zero-order valence-corrected chi connectivity index (χ0v) is 13.6. The van der Waals surface area contributed by atoms with Crippen molar-refractivity contribution < 1.29 is 9.13 Å². The van der Waals surface area contributed by atoms with Crippen LogP contribution in [0.1, 0.15) is 44.6 Å². The van der Waals surface area contributed by atoms with Gasteiger partial charge in [-0.05, 0) is 53.7 Å². The Hall–Kier alpha value is -0.450. The third-order valence-electron chi connectivity index (χ3n) is 4.28. The number of benzene rings is 1. The quantitative estimate of drug-likeness (QED) is 0.869. The molecule has 1 aromatic carbocycles. The van der Waals surface area contributed by atoms with E-state index in [4.69, 9.17) is 10.5 Å². The Morgan fingerprint density at radius 1 is 1.35 bits per heavy atom. The predicted octanol–water partition coefficient (Wildman–Crippen LogP) is 4.20. The highest BCUT2D eigenvalue weighted by Crippen LogP contribution is 2.35. The van der Waals surface area contributed by atoms with Crippen LogP contribution in [0.25, 0.3) is 0 Å². The molecule has 1 aliphatic rings. The lowest BCUT2D eigenvalue weighted by molar-refractivity contribution is -0.0818. The van der Waals surface area contributed by atoms with Crippen LogP contribution in [0.4, 0.5) is 4.39 Å². The maximum Gasteiger partial charge on any atom is 0.137 e. The molecule has 0 heterocycles. The van der Waals surface area contributed by atoms with Gasteiger partial charge in [-0.15, -0.1) is 0 Å². The summed E-state index contributed by atoms with van der Waals surface area (Å²) in [6, 6.07) is 5.02.